The molecule has 1 N–H and O–H groups in total. The average Bonchev–Trinajstić information content (AvgIpc) is 3.05. The topological polar surface area (TPSA) is 32.3 Å². The number of nitrogens with zero attached hydrogens (tertiary/aromatic N) is 1. The van der Waals surface area contributed by atoms with Gasteiger partial charge in [-0.05, 0) is 37.3 Å². The van der Waals surface area contributed by atoms with Crippen LogP contribution in [-0.4, -0.2) is 29.9 Å². The van der Waals surface area contributed by atoms with Crippen LogP contribution >= 0.6 is 0 Å². The number of para-hydroxylation sites is 1. The van der Waals surface area contributed by atoms with Gasteiger partial charge in [-0.25, -0.2) is 0 Å². The Kier molecular flexibility index (Phi) is 5.95. The molecule has 3 heteroatoms. The van der Waals surface area contributed by atoms with Gasteiger partial charge in [0, 0.05) is 31.2 Å². The highest BCUT2D eigenvalue weighted by molar-refractivity contribution is 5.76. The number of hydrogen-bond acceptors (Lipinski definition) is 2. The summed E-state index contributed by atoms with van der Waals surface area (Å²) < 4.78 is 0. The van der Waals surface area contributed by atoms with Gasteiger partial charge in [-0.2, -0.15) is 0 Å². The molecule has 3 nitrogen and oxygen atoms in total. The second-order valence-electron chi connectivity index (χ2n) is 7.23. The molecular weight excluding hydrogens is 284 g/mol. The third-order valence-electron chi connectivity index (χ3n) is 5.41. The minimum atomic E-state index is 0.359. The van der Waals surface area contributed by atoms with E-state index in [1.807, 2.05) is 18.2 Å². The van der Waals surface area contributed by atoms with Gasteiger partial charge < -0.3 is 10.2 Å². The Balaban J connectivity index is 1.35. The van der Waals surface area contributed by atoms with Crippen molar-refractivity contribution in [3.05, 3.63) is 30.3 Å². The summed E-state index contributed by atoms with van der Waals surface area (Å²) in [6, 6.07) is 10.7. The maximum Gasteiger partial charge on any atom is 0.222 e. The van der Waals surface area contributed by atoms with Crippen molar-refractivity contribution >= 4 is 11.6 Å². The second kappa shape index (κ2) is 8.37. The SMILES string of the molecule is O=C(CCCC1CCCCC1)N1CC[C@H](Nc2ccccc2)C1. The van der Waals surface area contributed by atoms with Crippen molar-refractivity contribution in [2.45, 2.75) is 63.8 Å². The van der Waals surface area contributed by atoms with Crippen LogP contribution in [0.2, 0.25) is 0 Å². The van der Waals surface area contributed by atoms with Crippen LogP contribution in [0, 0.1) is 5.92 Å². The number of anilines is 1. The number of amides is 1. The second-order valence-corrected chi connectivity index (χ2v) is 7.23. The predicted octanol–water partition coefficient (Wildman–Crippen LogP) is 4.45. The lowest BCUT2D eigenvalue weighted by Gasteiger charge is -2.22. The molecule has 1 aromatic rings. The van der Waals surface area contributed by atoms with Crippen molar-refractivity contribution in [1.82, 2.24) is 4.90 Å². The molecule has 1 atom stereocenters. The van der Waals surface area contributed by atoms with Crippen molar-refractivity contribution in [2.75, 3.05) is 18.4 Å². The summed E-state index contributed by atoms with van der Waals surface area (Å²) in [6.45, 7) is 1.77. The quantitative estimate of drug-likeness (QED) is 0.841. The van der Waals surface area contributed by atoms with Crippen LogP contribution in [0.5, 0.6) is 0 Å². The summed E-state index contributed by atoms with van der Waals surface area (Å²) in [5, 5.41) is 3.54. The van der Waals surface area contributed by atoms with Gasteiger partial charge >= 0.3 is 0 Å². The monoisotopic (exact) mass is 314 g/mol. The van der Waals surface area contributed by atoms with Gasteiger partial charge in [0.2, 0.25) is 5.91 Å². The van der Waals surface area contributed by atoms with Crippen LogP contribution in [0.1, 0.15) is 57.8 Å². The average molecular weight is 314 g/mol. The largest absolute Gasteiger partial charge is 0.380 e. The van der Waals surface area contributed by atoms with E-state index >= 15 is 0 Å². The predicted molar refractivity (Wildman–Crippen MR) is 95.5 cm³/mol. The zero-order chi connectivity index (χ0) is 15.9. The van der Waals surface area contributed by atoms with Crippen LogP contribution in [0.4, 0.5) is 5.69 Å². The first-order valence-corrected chi connectivity index (χ1v) is 9.40. The zero-order valence-electron chi connectivity index (χ0n) is 14.2. The number of rotatable bonds is 6. The lowest BCUT2D eigenvalue weighted by Crippen LogP contribution is -2.31. The maximum atomic E-state index is 12.4. The van der Waals surface area contributed by atoms with Crippen molar-refractivity contribution in [1.29, 1.82) is 0 Å². The Morgan fingerprint density at radius 3 is 2.65 bits per heavy atom. The van der Waals surface area contributed by atoms with Crippen LogP contribution < -0.4 is 5.32 Å². The van der Waals surface area contributed by atoms with Crippen molar-refractivity contribution in [3.63, 3.8) is 0 Å². The molecule has 1 heterocycles. The number of likely N-dealkylation sites (tertiary alicyclic amines) is 1. The smallest absolute Gasteiger partial charge is 0.222 e. The van der Waals surface area contributed by atoms with E-state index in [0.717, 1.165) is 44.0 Å². The highest BCUT2D eigenvalue weighted by atomic mass is 16.2. The fraction of sp³-hybridized carbons (Fsp3) is 0.650. The van der Waals surface area contributed by atoms with E-state index in [9.17, 15) is 4.79 Å². The molecule has 0 spiro atoms. The number of hydrogen-bond donors (Lipinski definition) is 1. The summed E-state index contributed by atoms with van der Waals surface area (Å²) in [5.74, 6) is 1.25. The van der Waals surface area contributed by atoms with Crippen molar-refractivity contribution in [3.8, 4) is 0 Å². The molecular formula is C20H30N2O. The highest BCUT2D eigenvalue weighted by Crippen LogP contribution is 2.28. The van der Waals surface area contributed by atoms with Gasteiger partial charge in [0.1, 0.15) is 0 Å². The van der Waals surface area contributed by atoms with Gasteiger partial charge in [-0.3, -0.25) is 4.79 Å². The van der Waals surface area contributed by atoms with Crippen molar-refractivity contribution < 1.29 is 4.79 Å². The molecule has 0 bridgehead atoms. The fourth-order valence-corrected chi connectivity index (χ4v) is 4.05. The zero-order valence-corrected chi connectivity index (χ0v) is 14.2. The first-order valence-electron chi connectivity index (χ1n) is 9.40. The first-order chi connectivity index (χ1) is 11.3. The molecule has 1 aliphatic carbocycles. The fourth-order valence-electron chi connectivity index (χ4n) is 4.05. The Labute approximate surface area is 140 Å². The lowest BCUT2D eigenvalue weighted by molar-refractivity contribution is -0.130. The molecule has 23 heavy (non-hydrogen) atoms. The van der Waals surface area contributed by atoms with E-state index in [0.29, 0.717) is 11.9 Å². The molecule has 0 unspecified atom stereocenters. The first kappa shape index (κ1) is 16.4. The van der Waals surface area contributed by atoms with Gasteiger partial charge in [-0.1, -0.05) is 50.3 Å². The summed E-state index contributed by atoms with van der Waals surface area (Å²) in [5.41, 5.74) is 1.16. The van der Waals surface area contributed by atoms with E-state index in [-0.39, 0.29) is 0 Å². The Morgan fingerprint density at radius 2 is 1.87 bits per heavy atom. The van der Waals surface area contributed by atoms with Crippen LogP contribution in [0.15, 0.2) is 30.3 Å². The van der Waals surface area contributed by atoms with E-state index in [1.165, 1.54) is 38.5 Å². The molecule has 1 amide bonds. The van der Waals surface area contributed by atoms with Crippen LogP contribution in [0.25, 0.3) is 0 Å². The molecule has 3 rings (SSSR count). The number of carbonyl (C=O) groups is 1. The summed E-state index contributed by atoms with van der Waals surface area (Å²) in [7, 11) is 0. The molecule has 1 saturated carbocycles. The van der Waals surface area contributed by atoms with E-state index < -0.39 is 0 Å². The minimum Gasteiger partial charge on any atom is -0.380 e. The van der Waals surface area contributed by atoms with E-state index in [1.54, 1.807) is 0 Å². The summed E-state index contributed by atoms with van der Waals surface area (Å²) in [6.07, 6.45) is 11.1. The molecule has 2 fully saturated rings. The van der Waals surface area contributed by atoms with Gasteiger partial charge in [0.05, 0.1) is 0 Å². The molecule has 126 valence electrons. The van der Waals surface area contributed by atoms with E-state index in [4.69, 9.17) is 0 Å². The Morgan fingerprint density at radius 1 is 1.09 bits per heavy atom. The highest BCUT2D eigenvalue weighted by Gasteiger charge is 2.25. The number of carbonyl (C=O) groups excluding carboxylic acids is 1. The van der Waals surface area contributed by atoms with Crippen molar-refractivity contribution in [2.24, 2.45) is 5.92 Å². The lowest BCUT2D eigenvalue weighted by atomic mass is 9.86. The summed E-state index contributed by atoms with van der Waals surface area (Å²) >= 11 is 0. The molecule has 1 aromatic carbocycles. The van der Waals surface area contributed by atoms with Gasteiger partial charge in [-0.15, -0.1) is 0 Å². The molecule has 1 saturated heterocycles. The number of benzene rings is 1. The third-order valence-corrected chi connectivity index (χ3v) is 5.41. The molecule has 2 aliphatic rings. The molecule has 0 aromatic heterocycles. The van der Waals surface area contributed by atoms with E-state index in [2.05, 4.69) is 22.3 Å². The Bertz CT molecular complexity index is 482. The number of nitrogens with one attached hydrogen (secondary N) is 1. The summed E-state index contributed by atoms with van der Waals surface area (Å²) in [4.78, 5) is 14.4. The van der Waals surface area contributed by atoms with Gasteiger partial charge in [0.25, 0.3) is 0 Å². The Hall–Kier alpha value is -1.51. The van der Waals surface area contributed by atoms with Crippen LogP contribution in [0.3, 0.4) is 0 Å². The minimum absolute atomic E-state index is 0.359. The normalized spacial score (nSPS) is 22.3. The molecule has 1 aliphatic heterocycles. The molecule has 0 radical (unpaired) electrons. The maximum absolute atomic E-state index is 12.4. The van der Waals surface area contributed by atoms with Gasteiger partial charge in [0.15, 0.2) is 0 Å². The van der Waals surface area contributed by atoms with Crippen LogP contribution in [-0.2, 0) is 4.79 Å². The standard InChI is InChI=1S/C20H30N2O/c23-20(13-7-10-17-8-3-1-4-9-17)22-15-14-19(16-22)21-18-11-5-2-6-12-18/h2,5-6,11-12,17,19,21H,1,3-4,7-10,13-16H2/t19-/m0/s1. The third kappa shape index (κ3) is 4.98.